The topological polar surface area (TPSA) is 50.2 Å². The molecule has 29 heavy (non-hydrogen) atoms. The number of anilines is 1. The van der Waals surface area contributed by atoms with E-state index in [1.165, 1.54) is 0 Å². The molecule has 0 spiro atoms. The quantitative estimate of drug-likeness (QED) is 0.785. The summed E-state index contributed by atoms with van der Waals surface area (Å²) in [7, 11) is 0. The Bertz CT molecular complexity index is 782. The van der Waals surface area contributed by atoms with Crippen molar-refractivity contribution in [1.29, 1.82) is 0 Å². The van der Waals surface area contributed by atoms with E-state index in [0.717, 1.165) is 30.5 Å². The number of hydrogen-bond acceptors (Lipinski definition) is 3. The fourth-order valence-electron chi connectivity index (χ4n) is 4.72. The molecule has 0 radical (unpaired) electrons. The minimum absolute atomic E-state index is 0.0216. The minimum Gasteiger partial charge on any atom is -0.367 e. The van der Waals surface area contributed by atoms with Crippen LogP contribution in [0.1, 0.15) is 65.1 Å². The van der Waals surface area contributed by atoms with Gasteiger partial charge in [-0.3, -0.25) is 4.79 Å². The zero-order chi connectivity index (χ0) is 21.1. The van der Waals surface area contributed by atoms with Gasteiger partial charge in [-0.1, -0.05) is 27.7 Å². The highest BCUT2D eigenvalue weighted by Crippen LogP contribution is 2.44. The van der Waals surface area contributed by atoms with Crippen LogP contribution in [0.15, 0.2) is 6.07 Å². The standard InChI is InChI=1S/C21H31F3N4O/c1-12-8-14(12)19(29)27-7-5-6-13(11-27)15-9-17(21(22,23)24)28-18(25-15)10-16(26-28)20(2,3)4/h10,12-15,17,25H,5-9,11H2,1-4H3/t12-,13+,14-,15+,17-/m1/s1. The van der Waals surface area contributed by atoms with E-state index in [1.807, 2.05) is 25.7 Å². The number of halogens is 3. The highest BCUT2D eigenvalue weighted by molar-refractivity contribution is 5.81. The van der Waals surface area contributed by atoms with Crippen LogP contribution in [0.25, 0.3) is 0 Å². The summed E-state index contributed by atoms with van der Waals surface area (Å²) in [4.78, 5) is 14.5. The number of alkyl halides is 3. The predicted molar refractivity (Wildman–Crippen MR) is 105 cm³/mol. The van der Waals surface area contributed by atoms with Gasteiger partial charge in [0.15, 0.2) is 6.04 Å². The molecule has 3 heterocycles. The second-order valence-electron chi connectivity index (χ2n) is 10.2. The first-order chi connectivity index (χ1) is 13.4. The molecule has 1 aromatic rings. The number of hydrogen-bond donors (Lipinski definition) is 1. The number of likely N-dealkylation sites (tertiary alicyclic amines) is 1. The minimum atomic E-state index is -4.36. The van der Waals surface area contributed by atoms with Crippen molar-refractivity contribution in [3.05, 3.63) is 11.8 Å². The molecule has 0 aromatic carbocycles. The van der Waals surface area contributed by atoms with Crippen LogP contribution in [0, 0.1) is 17.8 Å². The summed E-state index contributed by atoms with van der Waals surface area (Å²) < 4.78 is 42.7. The molecule has 0 unspecified atom stereocenters. The number of rotatable bonds is 2. The van der Waals surface area contributed by atoms with E-state index in [-0.39, 0.29) is 35.6 Å². The first kappa shape index (κ1) is 20.5. The van der Waals surface area contributed by atoms with E-state index >= 15 is 0 Å². The number of carbonyl (C=O) groups is 1. The molecule has 2 fully saturated rings. The SMILES string of the molecule is C[C@@H]1C[C@H]1C(=O)N1CCC[C@H]([C@@H]2C[C@H](C(F)(F)F)n3nc(C(C)(C)C)cc3N2)C1. The molecule has 1 saturated carbocycles. The summed E-state index contributed by atoms with van der Waals surface area (Å²) in [6, 6.07) is -0.192. The maximum absolute atomic E-state index is 13.9. The Hall–Kier alpha value is -1.73. The number of fused-ring (bicyclic) bond motifs is 1. The third kappa shape index (κ3) is 3.99. The molecule has 0 bridgehead atoms. The summed E-state index contributed by atoms with van der Waals surface area (Å²) in [5.41, 5.74) is 0.324. The number of aromatic nitrogens is 2. The lowest BCUT2D eigenvalue weighted by Crippen LogP contribution is -2.49. The molecule has 1 amide bonds. The predicted octanol–water partition coefficient (Wildman–Crippen LogP) is 4.36. The third-order valence-corrected chi connectivity index (χ3v) is 6.75. The molecular weight excluding hydrogens is 381 g/mol. The van der Waals surface area contributed by atoms with Gasteiger partial charge in [-0.15, -0.1) is 0 Å². The van der Waals surface area contributed by atoms with Crippen LogP contribution in [0.3, 0.4) is 0 Å². The van der Waals surface area contributed by atoms with Crippen LogP contribution in [0.4, 0.5) is 19.0 Å². The van der Waals surface area contributed by atoms with Crippen molar-refractivity contribution >= 4 is 11.7 Å². The molecule has 1 N–H and O–H groups in total. The fourth-order valence-corrected chi connectivity index (χ4v) is 4.72. The molecule has 1 aromatic heterocycles. The monoisotopic (exact) mass is 412 g/mol. The zero-order valence-electron chi connectivity index (χ0n) is 17.6. The molecule has 5 atom stereocenters. The number of piperidine rings is 1. The molecule has 1 aliphatic carbocycles. The number of nitrogens with zero attached hydrogens (tertiary/aromatic N) is 3. The van der Waals surface area contributed by atoms with Gasteiger partial charge in [0.2, 0.25) is 5.91 Å². The van der Waals surface area contributed by atoms with Gasteiger partial charge in [0, 0.05) is 36.5 Å². The lowest BCUT2D eigenvalue weighted by molar-refractivity contribution is -0.175. The van der Waals surface area contributed by atoms with Gasteiger partial charge in [0.05, 0.1) is 5.69 Å². The lowest BCUT2D eigenvalue weighted by atomic mass is 9.85. The smallest absolute Gasteiger partial charge is 0.367 e. The van der Waals surface area contributed by atoms with E-state index in [9.17, 15) is 18.0 Å². The van der Waals surface area contributed by atoms with E-state index in [2.05, 4.69) is 17.3 Å². The first-order valence-electron chi connectivity index (χ1n) is 10.7. The molecule has 162 valence electrons. The van der Waals surface area contributed by atoms with Crippen LogP contribution in [-0.2, 0) is 10.2 Å². The lowest BCUT2D eigenvalue weighted by Gasteiger charge is -2.41. The third-order valence-electron chi connectivity index (χ3n) is 6.75. The second kappa shape index (κ2) is 6.91. The molecule has 8 heteroatoms. The van der Waals surface area contributed by atoms with Gasteiger partial charge in [-0.2, -0.15) is 18.3 Å². The van der Waals surface area contributed by atoms with E-state index in [1.54, 1.807) is 6.07 Å². The molecule has 1 saturated heterocycles. The Balaban J connectivity index is 1.55. The Kier molecular flexibility index (Phi) is 4.89. The highest BCUT2D eigenvalue weighted by Gasteiger charge is 2.49. The van der Waals surface area contributed by atoms with Crippen molar-refractivity contribution in [2.24, 2.45) is 17.8 Å². The van der Waals surface area contributed by atoms with Gasteiger partial charge in [-0.05, 0) is 37.5 Å². The van der Waals surface area contributed by atoms with Crippen LogP contribution in [0.5, 0.6) is 0 Å². The van der Waals surface area contributed by atoms with Crippen LogP contribution in [-0.4, -0.2) is 45.9 Å². The first-order valence-corrected chi connectivity index (χ1v) is 10.7. The number of amides is 1. The van der Waals surface area contributed by atoms with Crippen molar-refractivity contribution in [3.63, 3.8) is 0 Å². The maximum atomic E-state index is 13.9. The summed E-state index contributed by atoms with van der Waals surface area (Å²) in [5, 5.41) is 7.64. The average molecular weight is 413 g/mol. The van der Waals surface area contributed by atoms with Gasteiger partial charge in [0.1, 0.15) is 5.82 Å². The molecule has 5 nitrogen and oxygen atoms in total. The Morgan fingerprint density at radius 2 is 1.93 bits per heavy atom. The van der Waals surface area contributed by atoms with Gasteiger partial charge < -0.3 is 10.2 Å². The summed E-state index contributed by atoms with van der Waals surface area (Å²) in [6.45, 7) is 9.19. The molecular formula is C21H31F3N4O. The summed E-state index contributed by atoms with van der Waals surface area (Å²) >= 11 is 0. The summed E-state index contributed by atoms with van der Waals surface area (Å²) in [6.07, 6.45) is -1.78. The van der Waals surface area contributed by atoms with Crippen molar-refractivity contribution in [2.45, 2.75) is 77.1 Å². The Morgan fingerprint density at radius 1 is 1.24 bits per heavy atom. The van der Waals surface area contributed by atoms with Gasteiger partial charge in [-0.25, -0.2) is 4.68 Å². The summed E-state index contributed by atoms with van der Waals surface area (Å²) in [5.74, 6) is 1.20. The van der Waals surface area contributed by atoms with Gasteiger partial charge >= 0.3 is 6.18 Å². The molecule has 3 aliphatic rings. The van der Waals surface area contributed by atoms with E-state index < -0.39 is 12.2 Å². The Morgan fingerprint density at radius 3 is 2.52 bits per heavy atom. The Labute approximate surface area is 170 Å². The van der Waals surface area contributed by atoms with Crippen LogP contribution in [0.2, 0.25) is 0 Å². The molecule has 2 aliphatic heterocycles. The van der Waals surface area contributed by atoms with E-state index in [0.29, 0.717) is 24.0 Å². The van der Waals surface area contributed by atoms with Crippen LogP contribution < -0.4 is 5.32 Å². The number of nitrogens with one attached hydrogen (secondary N) is 1. The maximum Gasteiger partial charge on any atom is 0.410 e. The van der Waals surface area contributed by atoms with Crippen molar-refractivity contribution < 1.29 is 18.0 Å². The van der Waals surface area contributed by atoms with Crippen molar-refractivity contribution in [2.75, 3.05) is 18.4 Å². The highest BCUT2D eigenvalue weighted by atomic mass is 19.4. The van der Waals surface area contributed by atoms with Gasteiger partial charge in [0.25, 0.3) is 0 Å². The normalized spacial score (nSPS) is 32.5. The molecule has 4 rings (SSSR count). The fraction of sp³-hybridized carbons (Fsp3) is 0.810. The van der Waals surface area contributed by atoms with Crippen LogP contribution >= 0.6 is 0 Å². The van der Waals surface area contributed by atoms with E-state index in [4.69, 9.17) is 0 Å². The second-order valence-corrected chi connectivity index (χ2v) is 10.2. The van der Waals surface area contributed by atoms with Crippen molar-refractivity contribution in [1.82, 2.24) is 14.7 Å². The number of carbonyl (C=O) groups excluding carboxylic acids is 1. The largest absolute Gasteiger partial charge is 0.410 e. The zero-order valence-corrected chi connectivity index (χ0v) is 17.6. The van der Waals surface area contributed by atoms with Crippen molar-refractivity contribution in [3.8, 4) is 0 Å². The average Bonchev–Trinajstić information content (AvgIpc) is 3.19.